The molecule has 0 bridgehead atoms. The van der Waals surface area contributed by atoms with Crippen molar-refractivity contribution in [2.24, 2.45) is 0 Å². The fraction of sp³-hybridized carbons (Fsp3) is 0.300. The Labute approximate surface area is 91.9 Å². The summed E-state index contributed by atoms with van der Waals surface area (Å²) in [5.74, 6) is -0.831. The third-order valence-corrected chi connectivity index (χ3v) is 2.36. The van der Waals surface area contributed by atoms with E-state index in [9.17, 15) is 9.18 Å². The summed E-state index contributed by atoms with van der Waals surface area (Å²) in [5, 5.41) is 11.4. The summed E-state index contributed by atoms with van der Waals surface area (Å²) in [5.41, 5.74) is 0.536. The van der Waals surface area contributed by atoms with Crippen molar-refractivity contribution in [1.82, 2.24) is 0 Å². The van der Waals surface area contributed by atoms with Gasteiger partial charge in [0.25, 0.3) is 0 Å². The highest BCUT2D eigenvalue weighted by Crippen LogP contribution is 2.27. The van der Waals surface area contributed by atoms with Crippen molar-refractivity contribution < 1.29 is 14.3 Å². The summed E-state index contributed by atoms with van der Waals surface area (Å²) in [4.78, 5) is 11.1. The molecule has 0 aliphatic heterocycles. The summed E-state index contributed by atoms with van der Waals surface area (Å²) in [6.07, 6.45) is 0.305. The van der Waals surface area contributed by atoms with Gasteiger partial charge in [-0.05, 0) is 12.1 Å². The van der Waals surface area contributed by atoms with Gasteiger partial charge >= 0.3 is 0 Å². The van der Waals surface area contributed by atoms with E-state index in [1.807, 2.05) is 0 Å². The van der Waals surface area contributed by atoms with Crippen molar-refractivity contribution in [3.8, 4) is 0 Å². The van der Waals surface area contributed by atoms with E-state index in [1.165, 1.54) is 6.07 Å². The molecule has 82 valence electrons. The topological polar surface area (TPSA) is 49.3 Å². The summed E-state index contributed by atoms with van der Waals surface area (Å²) < 4.78 is 13.0. The number of carbonyl (C=O) groups excluding carboxylic acids is 1. The molecule has 0 saturated heterocycles. The Bertz CT molecular complexity index is 382. The number of amides is 1. The van der Waals surface area contributed by atoms with E-state index >= 15 is 0 Å². The number of benzene rings is 1. The molecule has 1 aromatic carbocycles. The van der Waals surface area contributed by atoms with E-state index in [1.54, 1.807) is 6.92 Å². The fourth-order valence-corrected chi connectivity index (χ4v) is 1.33. The van der Waals surface area contributed by atoms with Gasteiger partial charge in [-0.15, -0.1) is 0 Å². The number of aliphatic hydroxyl groups excluding tert-OH is 1. The zero-order valence-corrected chi connectivity index (χ0v) is 8.94. The number of aliphatic hydroxyl groups is 1. The van der Waals surface area contributed by atoms with Crippen LogP contribution in [-0.4, -0.2) is 11.0 Å². The SMILES string of the molecule is CCC(=O)Nc1ccc(F)c(Cl)c1CO. The van der Waals surface area contributed by atoms with Crippen LogP contribution >= 0.6 is 11.6 Å². The van der Waals surface area contributed by atoms with E-state index in [-0.39, 0.29) is 16.5 Å². The van der Waals surface area contributed by atoms with Gasteiger partial charge in [-0.3, -0.25) is 4.79 Å². The Kier molecular flexibility index (Phi) is 4.05. The average molecular weight is 232 g/mol. The number of anilines is 1. The predicted molar refractivity (Wildman–Crippen MR) is 56.3 cm³/mol. The van der Waals surface area contributed by atoms with Crippen molar-refractivity contribution in [2.75, 3.05) is 5.32 Å². The lowest BCUT2D eigenvalue weighted by Crippen LogP contribution is -2.11. The van der Waals surface area contributed by atoms with E-state index in [0.717, 1.165) is 6.07 Å². The average Bonchev–Trinajstić information content (AvgIpc) is 2.24. The minimum atomic E-state index is -0.616. The van der Waals surface area contributed by atoms with Crippen LogP contribution in [0.4, 0.5) is 10.1 Å². The molecule has 5 heteroatoms. The Morgan fingerprint density at radius 3 is 2.80 bits per heavy atom. The van der Waals surface area contributed by atoms with Crippen molar-refractivity contribution in [1.29, 1.82) is 0 Å². The minimum absolute atomic E-state index is 0.161. The van der Waals surface area contributed by atoms with Crippen LogP contribution in [0.25, 0.3) is 0 Å². The number of hydrogen-bond acceptors (Lipinski definition) is 2. The number of hydrogen-bond donors (Lipinski definition) is 2. The first-order valence-electron chi connectivity index (χ1n) is 4.47. The molecular formula is C10H11ClFNO2. The number of rotatable bonds is 3. The second-order valence-corrected chi connectivity index (χ2v) is 3.33. The van der Waals surface area contributed by atoms with Crippen LogP contribution in [0.5, 0.6) is 0 Å². The maximum absolute atomic E-state index is 13.0. The lowest BCUT2D eigenvalue weighted by Gasteiger charge is -2.10. The van der Waals surface area contributed by atoms with Crippen LogP contribution in [0.3, 0.4) is 0 Å². The molecule has 0 aliphatic carbocycles. The van der Waals surface area contributed by atoms with Crippen molar-refractivity contribution >= 4 is 23.2 Å². The van der Waals surface area contributed by atoms with E-state index in [4.69, 9.17) is 16.7 Å². The molecule has 2 N–H and O–H groups in total. The van der Waals surface area contributed by atoms with Crippen LogP contribution in [-0.2, 0) is 11.4 Å². The first kappa shape index (κ1) is 11.9. The molecule has 0 unspecified atom stereocenters. The van der Waals surface area contributed by atoms with Crippen molar-refractivity contribution in [2.45, 2.75) is 20.0 Å². The van der Waals surface area contributed by atoms with Crippen LogP contribution < -0.4 is 5.32 Å². The van der Waals surface area contributed by atoms with Gasteiger partial charge < -0.3 is 10.4 Å². The van der Waals surface area contributed by atoms with Gasteiger partial charge in [-0.25, -0.2) is 4.39 Å². The first-order chi connectivity index (χ1) is 7.10. The minimum Gasteiger partial charge on any atom is -0.392 e. The highest BCUT2D eigenvalue weighted by molar-refractivity contribution is 6.32. The van der Waals surface area contributed by atoms with E-state index in [0.29, 0.717) is 12.1 Å². The molecule has 0 radical (unpaired) electrons. The highest BCUT2D eigenvalue weighted by atomic mass is 35.5. The quantitative estimate of drug-likeness (QED) is 0.839. The molecule has 0 atom stereocenters. The third kappa shape index (κ3) is 2.67. The molecule has 1 aromatic rings. The van der Waals surface area contributed by atoms with E-state index < -0.39 is 12.4 Å². The molecule has 0 heterocycles. The second-order valence-electron chi connectivity index (χ2n) is 2.95. The Morgan fingerprint density at radius 1 is 1.60 bits per heavy atom. The molecule has 0 saturated carbocycles. The standard InChI is InChI=1S/C10H11ClFNO2/c1-2-9(15)13-8-4-3-7(12)10(11)6(8)5-14/h3-4,14H,2,5H2,1H3,(H,13,15). The van der Waals surface area contributed by atoms with Gasteiger partial charge in [-0.1, -0.05) is 18.5 Å². The molecule has 0 spiro atoms. The largest absolute Gasteiger partial charge is 0.392 e. The maximum Gasteiger partial charge on any atom is 0.224 e. The lowest BCUT2D eigenvalue weighted by atomic mass is 10.1. The van der Waals surface area contributed by atoms with Gasteiger partial charge in [0.2, 0.25) is 5.91 Å². The second kappa shape index (κ2) is 5.09. The monoisotopic (exact) mass is 231 g/mol. The fourth-order valence-electron chi connectivity index (χ4n) is 1.10. The summed E-state index contributed by atoms with van der Waals surface area (Å²) in [7, 11) is 0. The lowest BCUT2D eigenvalue weighted by molar-refractivity contribution is -0.115. The zero-order valence-electron chi connectivity index (χ0n) is 8.18. The van der Waals surface area contributed by atoms with Crippen LogP contribution in [0, 0.1) is 5.82 Å². The number of nitrogens with one attached hydrogen (secondary N) is 1. The van der Waals surface area contributed by atoms with E-state index in [2.05, 4.69) is 5.32 Å². The Hall–Kier alpha value is -1.13. The Morgan fingerprint density at radius 2 is 2.27 bits per heavy atom. The molecule has 1 amide bonds. The smallest absolute Gasteiger partial charge is 0.224 e. The summed E-state index contributed by atoms with van der Waals surface area (Å²) >= 11 is 5.64. The predicted octanol–water partition coefficient (Wildman–Crippen LogP) is 2.32. The maximum atomic E-state index is 13.0. The van der Waals surface area contributed by atoms with Crippen LogP contribution in [0.1, 0.15) is 18.9 Å². The number of carbonyl (C=O) groups is 1. The molecule has 15 heavy (non-hydrogen) atoms. The van der Waals surface area contributed by atoms with Crippen molar-refractivity contribution in [3.05, 3.63) is 28.5 Å². The molecule has 0 aliphatic rings. The van der Waals surface area contributed by atoms with Gasteiger partial charge in [-0.2, -0.15) is 0 Å². The molecule has 3 nitrogen and oxygen atoms in total. The number of halogens is 2. The normalized spacial score (nSPS) is 10.1. The highest BCUT2D eigenvalue weighted by Gasteiger charge is 2.12. The van der Waals surface area contributed by atoms with Crippen LogP contribution in [0.2, 0.25) is 5.02 Å². The van der Waals surface area contributed by atoms with Gasteiger partial charge in [0, 0.05) is 17.7 Å². The van der Waals surface area contributed by atoms with Gasteiger partial charge in [0.15, 0.2) is 0 Å². The molecule has 0 fully saturated rings. The third-order valence-electron chi connectivity index (χ3n) is 1.95. The summed E-state index contributed by atoms with van der Waals surface area (Å²) in [6, 6.07) is 2.52. The Balaban J connectivity index is 3.07. The van der Waals surface area contributed by atoms with Crippen LogP contribution in [0.15, 0.2) is 12.1 Å². The molecule has 0 aromatic heterocycles. The molecular weight excluding hydrogens is 221 g/mol. The first-order valence-corrected chi connectivity index (χ1v) is 4.85. The van der Waals surface area contributed by atoms with Gasteiger partial charge in [0.1, 0.15) is 5.82 Å². The van der Waals surface area contributed by atoms with Gasteiger partial charge in [0.05, 0.1) is 11.6 Å². The summed E-state index contributed by atoms with van der Waals surface area (Å²) in [6.45, 7) is 1.27. The zero-order chi connectivity index (χ0) is 11.4. The van der Waals surface area contributed by atoms with Crippen molar-refractivity contribution in [3.63, 3.8) is 0 Å². The molecule has 1 rings (SSSR count).